The van der Waals surface area contributed by atoms with Gasteiger partial charge in [0.05, 0.1) is 10.5 Å². The van der Waals surface area contributed by atoms with Gasteiger partial charge in [0.15, 0.2) is 23.9 Å². The van der Waals surface area contributed by atoms with E-state index in [1.54, 1.807) is 31.2 Å². The van der Waals surface area contributed by atoms with Gasteiger partial charge < -0.3 is 14.2 Å². The molecule has 0 saturated carbocycles. The topological polar surface area (TPSA) is 99.2 Å². The van der Waals surface area contributed by atoms with Gasteiger partial charge in [0.2, 0.25) is 10.0 Å². The van der Waals surface area contributed by atoms with Crippen LogP contribution in [-0.2, 0) is 14.8 Å². The number of nitrogens with zero attached hydrogens (tertiary/aromatic N) is 1. The first-order chi connectivity index (χ1) is 15.4. The molecule has 0 aromatic heterocycles. The molecule has 2 aromatic rings. The quantitative estimate of drug-likeness (QED) is 0.484. The molecule has 9 heteroatoms. The van der Waals surface area contributed by atoms with E-state index in [2.05, 4.69) is 0 Å². The van der Waals surface area contributed by atoms with Gasteiger partial charge in [0.1, 0.15) is 13.2 Å². The molecule has 2 aliphatic heterocycles. The summed E-state index contributed by atoms with van der Waals surface area (Å²) in [5.74, 6) is -0.110. The lowest BCUT2D eigenvalue weighted by molar-refractivity contribution is 0.0473. The molecule has 0 bridgehead atoms. The standard InChI is InChI=1S/C23H25NO7S/c1-16-5-7-18(32(27,28)24-9-3-2-4-10-24)14-19(16)23(26)31-15-20(25)17-6-8-21-22(13-17)30-12-11-29-21/h5-8,13-14H,2-4,9-12,15H2,1H3. The molecule has 170 valence electrons. The Bertz CT molecular complexity index is 1140. The highest BCUT2D eigenvalue weighted by molar-refractivity contribution is 7.89. The van der Waals surface area contributed by atoms with Gasteiger partial charge in [-0.15, -0.1) is 0 Å². The maximum atomic E-state index is 12.9. The molecule has 2 heterocycles. The number of piperidine rings is 1. The number of ketones is 1. The Morgan fingerprint density at radius 3 is 2.44 bits per heavy atom. The molecule has 32 heavy (non-hydrogen) atoms. The van der Waals surface area contributed by atoms with Gasteiger partial charge in [-0.3, -0.25) is 4.79 Å². The van der Waals surface area contributed by atoms with E-state index >= 15 is 0 Å². The second kappa shape index (κ2) is 9.30. The smallest absolute Gasteiger partial charge is 0.338 e. The average molecular weight is 460 g/mol. The van der Waals surface area contributed by atoms with Gasteiger partial charge in [-0.1, -0.05) is 12.5 Å². The van der Waals surface area contributed by atoms with Crippen molar-refractivity contribution in [2.75, 3.05) is 32.9 Å². The van der Waals surface area contributed by atoms with Crippen LogP contribution in [0.2, 0.25) is 0 Å². The number of aryl methyl sites for hydroxylation is 1. The number of carbonyl (C=O) groups excluding carboxylic acids is 2. The van der Waals surface area contributed by atoms with Gasteiger partial charge in [0, 0.05) is 18.7 Å². The monoisotopic (exact) mass is 459 g/mol. The van der Waals surface area contributed by atoms with E-state index in [1.165, 1.54) is 16.4 Å². The van der Waals surface area contributed by atoms with Crippen LogP contribution < -0.4 is 9.47 Å². The first kappa shape index (κ1) is 22.3. The van der Waals surface area contributed by atoms with Crippen molar-refractivity contribution >= 4 is 21.8 Å². The highest BCUT2D eigenvalue weighted by Gasteiger charge is 2.27. The minimum atomic E-state index is -3.69. The van der Waals surface area contributed by atoms with Crippen molar-refractivity contribution in [1.82, 2.24) is 4.31 Å². The van der Waals surface area contributed by atoms with Crippen LogP contribution in [0.25, 0.3) is 0 Å². The number of ether oxygens (including phenoxy) is 3. The predicted molar refractivity (Wildman–Crippen MR) is 116 cm³/mol. The van der Waals surface area contributed by atoms with E-state index in [4.69, 9.17) is 14.2 Å². The minimum absolute atomic E-state index is 0.0510. The maximum absolute atomic E-state index is 12.9. The van der Waals surface area contributed by atoms with E-state index < -0.39 is 28.4 Å². The van der Waals surface area contributed by atoms with Crippen LogP contribution in [0.1, 0.15) is 45.5 Å². The maximum Gasteiger partial charge on any atom is 0.338 e. The second-order valence-corrected chi connectivity index (χ2v) is 9.74. The van der Waals surface area contributed by atoms with Gasteiger partial charge in [0.25, 0.3) is 0 Å². The van der Waals surface area contributed by atoms with E-state index in [9.17, 15) is 18.0 Å². The Balaban J connectivity index is 1.46. The van der Waals surface area contributed by atoms with Crippen LogP contribution in [0, 0.1) is 6.92 Å². The third kappa shape index (κ3) is 4.63. The van der Waals surface area contributed by atoms with Crippen molar-refractivity contribution in [2.45, 2.75) is 31.1 Å². The molecule has 0 unspecified atom stereocenters. The van der Waals surface area contributed by atoms with Crippen LogP contribution >= 0.6 is 0 Å². The van der Waals surface area contributed by atoms with Gasteiger partial charge in [-0.2, -0.15) is 4.31 Å². The molecule has 2 aliphatic rings. The Hall–Kier alpha value is -2.91. The highest BCUT2D eigenvalue weighted by atomic mass is 32.2. The molecular formula is C23H25NO7S. The summed E-state index contributed by atoms with van der Waals surface area (Å²) in [6, 6.07) is 9.19. The molecular weight excluding hydrogens is 434 g/mol. The summed E-state index contributed by atoms with van der Waals surface area (Å²) in [4.78, 5) is 25.2. The third-order valence-electron chi connectivity index (χ3n) is 5.58. The largest absolute Gasteiger partial charge is 0.486 e. The first-order valence-electron chi connectivity index (χ1n) is 10.6. The molecule has 0 spiro atoms. The molecule has 0 radical (unpaired) electrons. The molecule has 1 saturated heterocycles. The lowest BCUT2D eigenvalue weighted by Crippen LogP contribution is -2.35. The van der Waals surface area contributed by atoms with E-state index in [-0.39, 0.29) is 10.5 Å². The Morgan fingerprint density at radius 1 is 0.969 bits per heavy atom. The van der Waals surface area contributed by atoms with Crippen LogP contribution in [0.3, 0.4) is 0 Å². The normalized spacial score (nSPS) is 16.4. The lowest BCUT2D eigenvalue weighted by atomic mass is 10.1. The van der Waals surface area contributed by atoms with Crippen molar-refractivity contribution < 1.29 is 32.2 Å². The minimum Gasteiger partial charge on any atom is -0.486 e. The summed E-state index contributed by atoms with van der Waals surface area (Å²) in [7, 11) is -3.69. The first-order valence-corrected chi connectivity index (χ1v) is 12.0. The van der Waals surface area contributed by atoms with Gasteiger partial charge in [-0.05, 0) is 55.7 Å². The van der Waals surface area contributed by atoms with Crippen molar-refractivity contribution in [2.24, 2.45) is 0 Å². The van der Waals surface area contributed by atoms with E-state index in [1.807, 2.05) is 0 Å². The summed E-state index contributed by atoms with van der Waals surface area (Å²) in [6.45, 7) is 3.01. The SMILES string of the molecule is Cc1ccc(S(=O)(=O)N2CCCCC2)cc1C(=O)OCC(=O)c1ccc2c(c1)OCCO2. The number of hydrogen-bond acceptors (Lipinski definition) is 7. The number of hydrogen-bond donors (Lipinski definition) is 0. The molecule has 0 N–H and O–H groups in total. The Labute approximate surface area is 187 Å². The van der Waals surface area contributed by atoms with Crippen molar-refractivity contribution in [1.29, 1.82) is 0 Å². The number of esters is 1. The molecule has 0 amide bonds. The number of benzene rings is 2. The van der Waals surface area contributed by atoms with Crippen molar-refractivity contribution in [3.8, 4) is 11.5 Å². The number of sulfonamides is 1. The Morgan fingerprint density at radius 2 is 1.69 bits per heavy atom. The molecule has 2 aromatic carbocycles. The van der Waals surface area contributed by atoms with Crippen molar-refractivity contribution in [3.63, 3.8) is 0 Å². The predicted octanol–water partition coefficient (Wildman–Crippen LogP) is 2.98. The highest BCUT2D eigenvalue weighted by Crippen LogP contribution is 2.31. The zero-order chi connectivity index (χ0) is 22.7. The summed E-state index contributed by atoms with van der Waals surface area (Å²) in [5, 5.41) is 0. The van der Waals surface area contributed by atoms with E-state index in [0.29, 0.717) is 48.9 Å². The van der Waals surface area contributed by atoms with Crippen LogP contribution in [-0.4, -0.2) is 57.4 Å². The number of rotatable bonds is 6. The summed E-state index contributed by atoms with van der Waals surface area (Å²) in [5.41, 5.74) is 1.03. The fraction of sp³-hybridized carbons (Fsp3) is 0.391. The summed E-state index contributed by atoms with van der Waals surface area (Å²) in [6.07, 6.45) is 2.65. The molecule has 4 rings (SSSR count). The van der Waals surface area contributed by atoms with E-state index in [0.717, 1.165) is 19.3 Å². The van der Waals surface area contributed by atoms with Crippen LogP contribution in [0.4, 0.5) is 0 Å². The molecule has 8 nitrogen and oxygen atoms in total. The van der Waals surface area contributed by atoms with Gasteiger partial charge in [-0.25, -0.2) is 13.2 Å². The molecule has 0 atom stereocenters. The third-order valence-corrected chi connectivity index (χ3v) is 7.47. The number of Topliss-reactive ketones (excluding diaryl/α,β-unsaturated/α-hetero) is 1. The fourth-order valence-electron chi connectivity index (χ4n) is 3.74. The summed E-state index contributed by atoms with van der Waals surface area (Å²) >= 11 is 0. The zero-order valence-corrected chi connectivity index (χ0v) is 18.7. The van der Waals surface area contributed by atoms with Crippen LogP contribution in [0.15, 0.2) is 41.3 Å². The number of carbonyl (C=O) groups is 2. The number of fused-ring (bicyclic) bond motifs is 1. The fourth-order valence-corrected chi connectivity index (χ4v) is 5.29. The Kier molecular flexibility index (Phi) is 6.48. The summed E-state index contributed by atoms with van der Waals surface area (Å²) < 4.78 is 43.4. The van der Waals surface area contributed by atoms with Crippen LogP contribution in [0.5, 0.6) is 11.5 Å². The van der Waals surface area contributed by atoms with Crippen molar-refractivity contribution in [3.05, 3.63) is 53.1 Å². The van der Waals surface area contributed by atoms with Gasteiger partial charge >= 0.3 is 5.97 Å². The zero-order valence-electron chi connectivity index (χ0n) is 17.8. The molecule has 0 aliphatic carbocycles. The average Bonchev–Trinajstić information content (AvgIpc) is 2.82. The second-order valence-electron chi connectivity index (χ2n) is 7.80. The molecule has 1 fully saturated rings. The lowest BCUT2D eigenvalue weighted by Gasteiger charge is -2.26.